The lowest BCUT2D eigenvalue weighted by molar-refractivity contribution is 0.415. The molecule has 0 saturated carbocycles. The van der Waals surface area contributed by atoms with E-state index >= 15 is 0 Å². The summed E-state index contributed by atoms with van der Waals surface area (Å²) in [5, 5.41) is 0. The van der Waals surface area contributed by atoms with Crippen molar-refractivity contribution in [3.8, 4) is 56.0 Å². The zero-order valence-electron chi connectivity index (χ0n) is 34.6. The van der Waals surface area contributed by atoms with Crippen molar-refractivity contribution in [2.45, 2.75) is 0 Å². The van der Waals surface area contributed by atoms with Gasteiger partial charge in [-0.05, 0) is 125 Å². The summed E-state index contributed by atoms with van der Waals surface area (Å²) in [5.41, 5.74) is 19.0. The van der Waals surface area contributed by atoms with Gasteiger partial charge in [-0.3, -0.25) is 4.99 Å². The highest BCUT2D eigenvalue weighted by molar-refractivity contribution is 6.00. The molecule has 8 bridgehead atoms. The van der Waals surface area contributed by atoms with Crippen LogP contribution in [0.1, 0.15) is 34.0 Å². The van der Waals surface area contributed by atoms with Crippen LogP contribution < -0.4 is 9.47 Å². The number of methoxy groups -OCH3 is 2. The second kappa shape index (κ2) is 15.8. The van der Waals surface area contributed by atoms with Crippen LogP contribution >= 0.6 is 0 Å². The standard InChI is InChI=1S/C55H40N6O2/c1-62-39-20-16-37(17-21-39)54-47-26-24-43(58-47)52(34-8-4-3-5-9-34)44-25-27-48(59-44)55(38-18-22-40(63-2)23-19-38)50-31-29-46(61-50)53(45-28-30-49(54)60-45)36-14-12-35(13-15-36)51(41-10-6-32-56-41)42-11-7-33-57-42/h3-33,56,58,61H,1-2H3/b51-42-,52-43?,52-44?,53-45?,53-46?,54-47?,54-49?,55-48?,55-50?. The molecule has 0 fully saturated rings. The Kier molecular flexibility index (Phi) is 9.43. The first-order valence-corrected chi connectivity index (χ1v) is 20.8. The van der Waals surface area contributed by atoms with Gasteiger partial charge in [0.1, 0.15) is 11.5 Å². The maximum Gasteiger partial charge on any atom is 0.118 e. The Balaban J connectivity index is 1.23. The van der Waals surface area contributed by atoms with Gasteiger partial charge in [0.05, 0.1) is 42.7 Å². The third-order valence-corrected chi connectivity index (χ3v) is 11.7. The average Bonchev–Trinajstić information content (AvgIpc) is 4.19. The fourth-order valence-corrected chi connectivity index (χ4v) is 8.72. The van der Waals surface area contributed by atoms with E-state index < -0.39 is 0 Å². The molecule has 302 valence electrons. The number of allylic oxidation sites excluding steroid dienone is 2. The van der Waals surface area contributed by atoms with E-state index in [0.29, 0.717) is 0 Å². The Morgan fingerprint density at radius 3 is 1.29 bits per heavy atom. The van der Waals surface area contributed by atoms with Gasteiger partial charge in [-0.25, -0.2) is 9.97 Å². The van der Waals surface area contributed by atoms with Gasteiger partial charge in [0.25, 0.3) is 0 Å². The third kappa shape index (κ3) is 6.89. The van der Waals surface area contributed by atoms with Crippen LogP contribution in [0.4, 0.5) is 0 Å². The average molecular weight is 817 g/mol. The molecular formula is C55H40N6O2. The van der Waals surface area contributed by atoms with E-state index in [1.165, 1.54) is 0 Å². The minimum atomic E-state index is 0.784. The SMILES string of the molecule is COc1ccc(-c2c3nc(c(-c4ccc(/C(=C5\C=CC=N5)c5ccc[nH]5)cc4)c4ccc([nH]4)c(-c4ccc(OC)cc4)c4nc(c(-c5ccccc5)c5ccc2[nH]5)C=C4)C=C3)cc1. The van der Waals surface area contributed by atoms with Gasteiger partial charge in [0, 0.05) is 68.0 Å². The molecule has 8 aromatic rings. The number of H-pyrrole nitrogens is 3. The number of benzene rings is 4. The van der Waals surface area contributed by atoms with E-state index in [2.05, 4.69) is 147 Å². The Morgan fingerprint density at radius 1 is 0.444 bits per heavy atom. The van der Waals surface area contributed by atoms with Crippen molar-refractivity contribution in [1.29, 1.82) is 0 Å². The first-order valence-electron chi connectivity index (χ1n) is 20.8. The molecule has 63 heavy (non-hydrogen) atoms. The van der Waals surface area contributed by atoms with Crippen molar-refractivity contribution < 1.29 is 9.47 Å². The van der Waals surface area contributed by atoms with Crippen LogP contribution in [0.15, 0.2) is 169 Å². The zero-order valence-corrected chi connectivity index (χ0v) is 34.6. The molecule has 8 nitrogen and oxygen atoms in total. The highest BCUT2D eigenvalue weighted by atomic mass is 16.5. The van der Waals surface area contributed by atoms with Crippen molar-refractivity contribution in [3.63, 3.8) is 0 Å². The van der Waals surface area contributed by atoms with Crippen LogP contribution in [0.3, 0.4) is 0 Å². The predicted molar refractivity (Wildman–Crippen MR) is 258 cm³/mol. The Morgan fingerprint density at radius 2 is 0.889 bits per heavy atom. The summed E-state index contributed by atoms with van der Waals surface area (Å²) in [6.07, 6.45) is 16.3. The minimum Gasteiger partial charge on any atom is -0.497 e. The Labute approximate surface area is 364 Å². The van der Waals surface area contributed by atoms with Crippen molar-refractivity contribution in [1.82, 2.24) is 24.9 Å². The van der Waals surface area contributed by atoms with Crippen LogP contribution in [-0.4, -0.2) is 45.4 Å². The number of nitrogens with zero attached hydrogens (tertiary/aromatic N) is 3. The summed E-state index contributed by atoms with van der Waals surface area (Å²) in [6, 6.07) is 48.1. The normalized spacial score (nSPS) is 13.5. The molecule has 3 aliphatic heterocycles. The van der Waals surface area contributed by atoms with Crippen molar-refractivity contribution in [3.05, 3.63) is 198 Å². The summed E-state index contributed by atoms with van der Waals surface area (Å²) in [7, 11) is 3.37. The number of fused-ring (bicyclic) bond motifs is 8. The molecule has 0 spiro atoms. The maximum absolute atomic E-state index is 5.57. The van der Waals surface area contributed by atoms with E-state index in [1.807, 2.05) is 61.0 Å². The Bertz CT molecular complexity index is 3310. The summed E-state index contributed by atoms with van der Waals surface area (Å²) in [6.45, 7) is 0. The molecule has 0 atom stereocenters. The van der Waals surface area contributed by atoms with Gasteiger partial charge in [-0.1, -0.05) is 78.9 Å². The van der Waals surface area contributed by atoms with Crippen molar-refractivity contribution in [2.24, 2.45) is 4.99 Å². The van der Waals surface area contributed by atoms with Gasteiger partial charge in [-0.2, -0.15) is 0 Å². The van der Waals surface area contributed by atoms with E-state index in [-0.39, 0.29) is 0 Å². The first-order chi connectivity index (χ1) is 31.1. The van der Waals surface area contributed by atoms with E-state index in [1.54, 1.807) is 14.2 Å². The molecule has 0 saturated heterocycles. The van der Waals surface area contributed by atoms with Crippen LogP contribution in [0.2, 0.25) is 0 Å². The lowest BCUT2D eigenvalue weighted by Gasteiger charge is -2.11. The fourth-order valence-electron chi connectivity index (χ4n) is 8.72. The number of ether oxygens (including phenoxy) is 2. The molecule has 3 aliphatic rings. The molecule has 0 unspecified atom stereocenters. The number of rotatable bonds is 8. The number of aromatic nitrogens is 5. The molecule has 4 aromatic heterocycles. The summed E-state index contributed by atoms with van der Waals surface area (Å²) in [5.74, 6) is 1.57. The second-order valence-electron chi connectivity index (χ2n) is 15.4. The van der Waals surface area contributed by atoms with Gasteiger partial charge in [-0.15, -0.1) is 0 Å². The lowest BCUT2D eigenvalue weighted by Crippen LogP contribution is -1.93. The summed E-state index contributed by atoms with van der Waals surface area (Å²) < 4.78 is 11.1. The van der Waals surface area contributed by atoms with E-state index in [9.17, 15) is 0 Å². The summed E-state index contributed by atoms with van der Waals surface area (Å²) in [4.78, 5) is 26.7. The lowest BCUT2D eigenvalue weighted by atomic mass is 9.96. The van der Waals surface area contributed by atoms with Crippen LogP contribution in [0, 0.1) is 0 Å². The summed E-state index contributed by atoms with van der Waals surface area (Å²) >= 11 is 0. The first kappa shape index (κ1) is 37.5. The number of aliphatic imine (C=N–C) groups is 1. The van der Waals surface area contributed by atoms with Crippen LogP contribution in [-0.2, 0) is 0 Å². The van der Waals surface area contributed by atoms with Crippen molar-refractivity contribution in [2.75, 3.05) is 14.2 Å². The van der Waals surface area contributed by atoms with Gasteiger partial charge >= 0.3 is 0 Å². The molecule has 0 amide bonds. The molecule has 0 radical (unpaired) electrons. The number of hydrogen-bond acceptors (Lipinski definition) is 5. The monoisotopic (exact) mass is 816 g/mol. The van der Waals surface area contributed by atoms with Gasteiger partial charge in [0.15, 0.2) is 0 Å². The molecule has 4 aromatic carbocycles. The highest BCUT2D eigenvalue weighted by Gasteiger charge is 2.20. The molecule has 7 heterocycles. The molecule has 3 N–H and O–H groups in total. The largest absolute Gasteiger partial charge is 0.497 e. The molecule has 8 heteroatoms. The van der Waals surface area contributed by atoms with E-state index in [4.69, 9.17) is 19.4 Å². The zero-order chi connectivity index (χ0) is 42.3. The van der Waals surface area contributed by atoms with Gasteiger partial charge < -0.3 is 24.4 Å². The number of aromatic amines is 3. The van der Waals surface area contributed by atoms with Crippen LogP contribution in [0.25, 0.3) is 96.5 Å². The highest BCUT2D eigenvalue weighted by Crippen LogP contribution is 2.40. The van der Waals surface area contributed by atoms with Gasteiger partial charge in [0.2, 0.25) is 0 Å². The van der Waals surface area contributed by atoms with E-state index in [0.717, 1.165) is 123 Å². The van der Waals surface area contributed by atoms with Crippen molar-refractivity contribution >= 4 is 58.2 Å². The second-order valence-corrected chi connectivity index (χ2v) is 15.4. The predicted octanol–water partition coefficient (Wildman–Crippen LogP) is 13.1. The molecule has 11 rings (SSSR count). The maximum atomic E-state index is 5.57. The van der Waals surface area contributed by atoms with Crippen LogP contribution in [0.5, 0.6) is 11.5 Å². The smallest absolute Gasteiger partial charge is 0.118 e. The molecule has 0 aliphatic carbocycles. The number of nitrogens with one attached hydrogen (secondary N) is 3. The third-order valence-electron chi connectivity index (χ3n) is 11.7. The minimum absolute atomic E-state index is 0.784. The Hall–Kier alpha value is -8.49. The molecular weight excluding hydrogens is 777 g/mol. The quantitative estimate of drug-likeness (QED) is 0.142. The number of hydrogen-bond donors (Lipinski definition) is 3. The fraction of sp³-hybridized carbons (Fsp3) is 0.0364. The topological polar surface area (TPSA) is 104 Å².